The van der Waals surface area contributed by atoms with E-state index in [1.54, 1.807) is 0 Å². The van der Waals surface area contributed by atoms with Crippen LogP contribution in [0.15, 0.2) is 18.3 Å². The molecule has 4 nitrogen and oxygen atoms in total. The van der Waals surface area contributed by atoms with Crippen molar-refractivity contribution < 1.29 is 5.11 Å². The van der Waals surface area contributed by atoms with Crippen LogP contribution < -0.4 is 10.2 Å². The minimum absolute atomic E-state index is 0.235. The number of aliphatic hydroxyl groups excluding tert-OH is 1. The average molecular weight is 237 g/mol. The van der Waals surface area contributed by atoms with Crippen LogP contribution in [-0.2, 0) is 0 Å². The molecule has 0 aliphatic heterocycles. The van der Waals surface area contributed by atoms with Gasteiger partial charge in [0.25, 0.3) is 0 Å². The smallest absolute Gasteiger partial charge is 0.0571 e. The summed E-state index contributed by atoms with van der Waals surface area (Å²) < 4.78 is 0. The summed E-state index contributed by atoms with van der Waals surface area (Å²) in [5, 5.41) is 12.0. The van der Waals surface area contributed by atoms with Crippen LogP contribution in [0.4, 0.5) is 5.69 Å². The van der Waals surface area contributed by atoms with Crippen LogP contribution in [-0.4, -0.2) is 36.8 Å². The summed E-state index contributed by atoms with van der Waals surface area (Å²) in [6.45, 7) is 6.24. The van der Waals surface area contributed by atoms with Crippen LogP contribution in [0, 0.1) is 0 Å². The Kier molecular flexibility index (Phi) is 5.94. The fourth-order valence-electron chi connectivity index (χ4n) is 1.72. The second-order valence-corrected chi connectivity index (χ2v) is 4.11. The number of pyridine rings is 1. The molecule has 0 aliphatic carbocycles. The fourth-order valence-corrected chi connectivity index (χ4v) is 1.72. The maximum absolute atomic E-state index is 8.86. The number of aromatic nitrogens is 1. The second kappa shape index (κ2) is 7.25. The summed E-state index contributed by atoms with van der Waals surface area (Å²) in [5.74, 6) is 0. The zero-order valence-corrected chi connectivity index (χ0v) is 11.0. The van der Waals surface area contributed by atoms with Gasteiger partial charge in [0, 0.05) is 25.7 Å². The Balaban J connectivity index is 2.70. The van der Waals surface area contributed by atoms with E-state index in [4.69, 9.17) is 5.11 Å². The van der Waals surface area contributed by atoms with Gasteiger partial charge in [0.2, 0.25) is 0 Å². The van der Waals surface area contributed by atoms with Crippen molar-refractivity contribution in [3.63, 3.8) is 0 Å². The molecule has 17 heavy (non-hydrogen) atoms. The summed E-state index contributed by atoms with van der Waals surface area (Å²) in [6, 6.07) is 4.42. The number of anilines is 1. The lowest BCUT2D eigenvalue weighted by Crippen LogP contribution is -2.25. The summed E-state index contributed by atoms with van der Waals surface area (Å²) in [5.41, 5.74) is 2.17. The monoisotopic (exact) mass is 237 g/mol. The molecular formula is C13H23N3O. The zero-order chi connectivity index (χ0) is 12.7. The van der Waals surface area contributed by atoms with Crippen LogP contribution in [0.5, 0.6) is 0 Å². The molecule has 1 unspecified atom stereocenters. The first-order chi connectivity index (χ1) is 8.22. The minimum Gasteiger partial charge on any atom is -0.396 e. The first-order valence-corrected chi connectivity index (χ1v) is 6.22. The number of hydrogen-bond donors (Lipinski definition) is 2. The Labute approximate surface area is 104 Å². The van der Waals surface area contributed by atoms with Gasteiger partial charge in [-0.1, -0.05) is 0 Å². The lowest BCUT2D eigenvalue weighted by molar-refractivity contribution is 0.289. The van der Waals surface area contributed by atoms with Gasteiger partial charge in [-0.2, -0.15) is 0 Å². The van der Waals surface area contributed by atoms with Crippen molar-refractivity contribution in [3.8, 4) is 0 Å². The maximum atomic E-state index is 8.86. The topological polar surface area (TPSA) is 48.4 Å². The van der Waals surface area contributed by atoms with Crippen molar-refractivity contribution in [2.45, 2.75) is 26.3 Å². The zero-order valence-electron chi connectivity index (χ0n) is 11.0. The van der Waals surface area contributed by atoms with Crippen molar-refractivity contribution in [1.82, 2.24) is 10.3 Å². The Hall–Kier alpha value is -1.13. The van der Waals surface area contributed by atoms with E-state index in [0.717, 1.165) is 30.9 Å². The SMILES string of the molecule is CCN(CCCO)c1ccc(C(C)NC)nc1. The molecule has 0 aliphatic rings. The first kappa shape index (κ1) is 13.9. The largest absolute Gasteiger partial charge is 0.396 e. The fraction of sp³-hybridized carbons (Fsp3) is 0.615. The highest BCUT2D eigenvalue weighted by Crippen LogP contribution is 2.16. The third-order valence-corrected chi connectivity index (χ3v) is 2.98. The minimum atomic E-state index is 0.235. The maximum Gasteiger partial charge on any atom is 0.0571 e. The molecule has 1 aromatic rings. The average Bonchev–Trinajstić information content (AvgIpc) is 2.39. The Morgan fingerprint density at radius 2 is 2.24 bits per heavy atom. The normalized spacial score (nSPS) is 12.5. The van der Waals surface area contributed by atoms with Crippen molar-refractivity contribution >= 4 is 5.69 Å². The highest BCUT2D eigenvalue weighted by Gasteiger charge is 2.07. The van der Waals surface area contributed by atoms with E-state index in [0.29, 0.717) is 0 Å². The van der Waals surface area contributed by atoms with E-state index in [1.165, 1.54) is 0 Å². The number of rotatable bonds is 7. The van der Waals surface area contributed by atoms with Crippen LogP contribution in [0.25, 0.3) is 0 Å². The van der Waals surface area contributed by atoms with Gasteiger partial charge in [-0.25, -0.2) is 0 Å². The third kappa shape index (κ3) is 3.98. The van der Waals surface area contributed by atoms with E-state index in [-0.39, 0.29) is 12.6 Å². The van der Waals surface area contributed by atoms with Gasteiger partial charge in [-0.3, -0.25) is 4.98 Å². The third-order valence-electron chi connectivity index (χ3n) is 2.98. The van der Waals surface area contributed by atoms with Crippen LogP contribution >= 0.6 is 0 Å². The molecular weight excluding hydrogens is 214 g/mol. The summed E-state index contributed by atoms with van der Waals surface area (Å²) >= 11 is 0. The Morgan fingerprint density at radius 3 is 2.71 bits per heavy atom. The van der Waals surface area contributed by atoms with Crippen molar-refractivity contribution in [1.29, 1.82) is 0 Å². The predicted octanol–water partition coefficient (Wildman–Crippen LogP) is 1.57. The Morgan fingerprint density at radius 1 is 1.47 bits per heavy atom. The van der Waals surface area contributed by atoms with Crippen molar-refractivity contribution in [2.75, 3.05) is 31.6 Å². The highest BCUT2D eigenvalue weighted by atomic mass is 16.3. The van der Waals surface area contributed by atoms with Crippen LogP contribution in [0.3, 0.4) is 0 Å². The molecule has 0 fully saturated rings. The van der Waals surface area contributed by atoms with Crippen LogP contribution in [0.2, 0.25) is 0 Å². The number of nitrogens with zero attached hydrogens (tertiary/aromatic N) is 2. The summed E-state index contributed by atoms with van der Waals surface area (Å²) in [6.07, 6.45) is 2.70. The molecule has 0 saturated carbocycles. The quantitative estimate of drug-likeness (QED) is 0.756. The van der Waals surface area contributed by atoms with Crippen molar-refractivity contribution in [2.24, 2.45) is 0 Å². The molecule has 0 aromatic carbocycles. The van der Waals surface area contributed by atoms with E-state index < -0.39 is 0 Å². The predicted molar refractivity (Wildman–Crippen MR) is 71.3 cm³/mol. The van der Waals surface area contributed by atoms with Crippen molar-refractivity contribution in [3.05, 3.63) is 24.0 Å². The molecule has 1 aromatic heterocycles. The molecule has 0 amide bonds. The molecule has 4 heteroatoms. The first-order valence-electron chi connectivity index (χ1n) is 6.22. The molecule has 1 rings (SSSR count). The van der Waals surface area contributed by atoms with E-state index >= 15 is 0 Å². The molecule has 0 saturated heterocycles. The van der Waals surface area contributed by atoms with Crippen LogP contribution in [0.1, 0.15) is 32.0 Å². The molecule has 0 bridgehead atoms. The van der Waals surface area contributed by atoms with Gasteiger partial charge >= 0.3 is 0 Å². The van der Waals surface area contributed by atoms with Gasteiger partial charge in [0.1, 0.15) is 0 Å². The lowest BCUT2D eigenvalue weighted by atomic mass is 10.2. The van der Waals surface area contributed by atoms with Gasteiger partial charge in [0.05, 0.1) is 17.6 Å². The summed E-state index contributed by atoms with van der Waals surface area (Å²) in [7, 11) is 1.93. The second-order valence-electron chi connectivity index (χ2n) is 4.11. The number of aliphatic hydroxyl groups is 1. The summed E-state index contributed by atoms with van der Waals surface area (Å²) in [4.78, 5) is 6.68. The van der Waals surface area contributed by atoms with E-state index in [1.807, 2.05) is 13.2 Å². The van der Waals surface area contributed by atoms with Gasteiger partial charge in [-0.05, 0) is 39.4 Å². The van der Waals surface area contributed by atoms with E-state index in [2.05, 4.69) is 41.2 Å². The number of hydrogen-bond acceptors (Lipinski definition) is 4. The molecule has 1 heterocycles. The standard InChI is InChI=1S/C13H23N3O/c1-4-16(8-5-9-17)12-6-7-13(15-10-12)11(2)14-3/h6-7,10-11,14,17H,4-5,8-9H2,1-3H3. The lowest BCUT2D eigenvalue weighted by Gasteiger charge is -2.22. The number of nitrogens with one attached hydrogen (secondary N) is 1. The van der Waals surface area contributed by atoms with Gasteiger partial charge in [-0.15, -0.1) is 0 Å². The molecule has 96 valence electrons. The van der Waals surface area contributed by atoms with Gasteiger partial charge in [0.15, 0.2) is 0 Å². The Bertz CT molecular complexity index is 313. The highest BCUT2D eigenvalue weighted by molar-refractivity contribution is 5.44. The van der Waals surface area contributed by atoms with Gasteiger partial charge < -0.3 is 15.3 Å². The molecule has 0 spiro atoms. The molecule has 1 atom stereocenters. The van der Waals surface area contributed by atoms with E-state index in [9.17, 15) is 0 Å². The molecule has 0 radical (unpaired) electrons. The molecule has 2 N–H and O–H groups in total.